The van der Waals surface area contributed by atoms with Crippen molar-refractivity contribution in [3.63, 3.8) is 0 Å². The van der Waals surface area contributed by atoms with Crippen molar-refractivity contribution in [3.8, 4) is 0 Å². The summed E-state index contributed by atoms with van der Waals surface area (Å²) in [6.07, 6.45) is -111. The van der Waals surface area contributed by atoms with E-state index in [0.29, 0.717) is 0 Å². The maximum atomic E-state index is 8.03. The van der Waals surface area contributed by atoms with Gasteiger partial charge < -0.3 is 0 Å². The minimum absolute atomic E-state index is 0.433. The molecule has 0 unspecified atom stereocenters. The Balaban J connectivity index is 16.5. The first-order valence-corrected chi connectivity index (χ1v) is 38.3. The monoisotopic (exact) mass is 1320 g/mol. The van der Waals surface area contributed by atoms with Crippen LogP contribution in [0.25, 0.3) is 0 Å². The van der Waals surface area contributed by atoms with Crippen LogP contribution in [0.15, 0.2) is 0 Å². The van der Waals surface area contributed by atoms with Crippen molar-refractivity contribution in [2.45, 2.75) is 0 Å². The van der Waals surface area contributed by atoms with E-state index in [2.05, 4.69) is 0 Å². The minimum atomic E-state index is -2.45. The molecule has 0 aliphatic carbocycles. The maximum absolute atomic E-state index is 8.03. The first-order chi connectivity index (χ1) is 54.2. The highest BCUT2D eigenvalue weighted by Crippen LogP contribution is 2.32. The lowest BCUT2D eigenvalue weighted by Gasteiger charge is -2.65. The van der Waals surface area contributed by atoms with Crippen LogP contribution in [0.2, 0.25) is 0 Å². The molecule has 0 rings (SSSR count). The zero-order chi connectivity index (χ0) is 94.2. The van der Waals surface area contributed by atoms with Crippen molar-refractivity contribution in [2.24, 2.45) is 0 Å². The van der Waals surface area contributed by atoms with Crippen LogP contribution in [-0.2, 0) is 0 Å². The lowest BCUT2D eigenvalue weighted by atomic mass is 8.17. The van der Waals surface area contributed by atoms with Gasteiger partial charge in [0.05, 0.1) is 0 Å². The normalized spacial score (nSPS) is 9.87. The average molecular weight is 1300 g/mol. The van der Waals surface area contributed by atoms with Crippen LogP contribution in [0, 0.1) is 0 Å². The molecule has 369 valence electrons. The molecule has 115 radical (unpaired) electrons. The molecule has 119 heteroatoms. The second kappa shape index (κ2) is 58.6. The Hall–Kier alpha value is 7.73. The van der Waals surface area contributed by atoms with Crippen LogP contribution in [0.4, 0.5) is 0 Å². The summed E-state index contributed by atoms with van der Waals surface area (Å²) in [6.45, 7) is 0. The predicted octanol–water partition coefficient (Wildman–Crippen LogP) is -47.7. The molecule has 0 aromatic heterocycles. The highest BCUT2D eigenvalue weighted by Gasteiger charge is 2.70. The smallest absolute Gasteiger partial charge is 0 e. The topological polar surface area (TPSA) is 0 Å². The minimum Gasteiger partial charge on any atom is -0.262 e. The van der Waals surface area contributed by atoms with Gasteiger partial charge in [-0.05, 0) is 551 Å². The van der Waals surface area contributed by atoms with Crippen molar-refractivity contribution in [3.05, 3.63) is 0 Å². The molecule has 0 N–H and O–H groups in total. The third-order valence-electron chi connectivity index (χ3n) is 24.9. The first kappa shape index (κ1) is 127. The molecule has 0 bridgehead atoms. The molecule has 0 saturated heterocycles. The third kappa shape index (κ3) is 34.1. The molecule has 0 aromatic carbocycles. The van der Waals surface area contributed by atoms with Crippen LogP contribution in [0.5, 0.6) is 0 Å². The largest absolute Gasteiger partial charge is 0.262 e. The fraction of sp³-hybridized carbons (Fsp3) is 0. The molecule has 0 fully saturated rings. The molecule has 0 aromatic rings. The van der Waals surface area contributed by atoms with Crippen molar-refractivity contribution in [2.75, 3.05) is 0 Å². The van der Waals surface area contributed by atoms with Crippen LogP contribution >= 0.6 is 0 Å². The lowest BCUT2D eigenvalue weighted by Crippen LogP contribution is -3.02. The molecule has 0 spiro atoms. The van der Waals surface area contributed by atoms with Crippen molar-refractivity contribution >= 4 is 842 Å². The Morgan fingerprint density at radius 2 is 0.168 bits per heavy atom. The Kier molecular flexibility index (Phi) is 62.4. The van der Waals surface area contributed by atoms with Gasteiger partial charge in [0.15, 0.2) is 0 Å². The number of rotatable bonds is 58. The van der Waals surface area contributed by atoms with E-state index in [4.69, 9.17) is 441 Å². The molecular formula is H9B119-3. The van der Waals surface area contributed by atoms with E-state index in [1.165, 1.54) is 0 Å². The predicted molar refractivity (Wildman–Crippen MR) is 697 cm³/mol. The second-order valence-electron chi connectivity index (χ2n) is 32.9. The highest BCUT2D eigenvalue weighted by molar-refractivity contribution is 8.46. The highest BCUT2D eigenvalue weighted by atomic mass is 13.5. The summed E-state index contributed by atoms with van der Waals surface area (Å²) >= 11 is 0. The zero-order valence-electron chi connectivity index (χ0n) is 67.0. The quantitative estimate of drug-likeness (QED) is 0.0533. The van der Waals surface area contributed by atoms with E-state index in [1.54, 1.807) is 7.06 Å². The van der Waals surface area contributed by atoms with Gasteiger partial charge in [0.25, 0.3) is 0 Å². The van der Waals surface area contributed by atoms with Gasteiger partial charge in [0.2, 0.25) is 0 Å². The molecule has 0 saturated carbocycles. The summed E-state index contributed by atoms with van der Waals surface area (Å²) in [5.41, 5.74) is 0. The number of hydrogen-bond donors (Lipinski definition) is 0. The summed E-state index contributed by atoms with van der Waals surface area (Å²) in [5.74, 6) is 0. The Bertz CT molecular complexity index is 2070. The first-order valence-electron chi connectivity index (χ1n) is 38.3. The van der Waals surface area contributed by atoms with Crippen molar-refractivity contribution in [1.29, 1.82) is 0 Å². The summed E-state index contributed by atoms with van der Waals surface area (Å²) < 4.78 is 0. The van der Waals surface area contributed by atoms with Gasteiger partial charge in [0.1, 0.15) is 0 Å². The molecule has 0 atom stereocenters. The molecule has 0 aliphatic heterocycles. The summed E-state index contributed by atoms with van der Waals surface area (Å²) in [4.78, 5) is 0. The fourth-order valence-corrected chi connectivity index (χ4v) is 21.0. The van der Waals surface area contributed by atoms with E-state index >= 15 is 0 Å². The van der Waals surface area contributed by atoms with Gasteiger partial charge in [0, 0.05) is 248 Å². The van der Waals surface area contributed by atoms with Gasteiger partial charge in [-0.1, -0.05) is 14.1 Å². The van der Waals surface area contributed by atoms with Crippen LogP contribution in [0.3, 0.4) is 0 Å². The molecule has 119 heavy (non-hydrogen) atoms. The summed E-state index contributed by atoms with van der Waals surface area (Å²) in [6, 6.07) is 0. The van der Waals surface area contributed by atoms with Gasteiger partial charge in [-0.2, -0.15) is 7.06 Å². The lowest BCUT2D eigenvalue weighted by molar-refractivity contribution is 3.11. The van der Waals surface area contributed by atoms with Crippen molar-refractivity contribution in [1.82, 2.24) is 0 Å². The Morgan fingerprint density at radius 3 is 0.235 bits per heavy atom. The van der Waals surface area contributed by atoms with Crippen LogP contribution in [0.1, 0.15) is 0 Å². The van der Waals surface area contributed by atoms with Gasteiger partial charge in [-0.25, -0.2) is 0 Å². The average Bonchev–Trinajstić information content (AvgIpc) is 0.701. The van der Waals surface area contributed by atoms with E-state index in [-0.39, 0.29) is 0 Å². The van der Waals surface area contributed by atoms with E-state index in [9.17, 15) is 0 Å². The molecule has 0 aliphatic rings. The maximum Gasteiger partial charge on any atom is 0 e. The molecule has 0 heterocycles. The number of hydrogen-bond acceptors (Lipinski definition) is 0. The summed E-state index contributed by atoms with van der Waals surface area (Å²) in [7, 11) is 421. The van der Waals surface area contributed by atoms with Crippen molar-refractivity contribution < 1.29 is 0 Å². The second-order valence-corrected chi connectivity index (χ2v) is 32.9. The van der Waals surface area contributed by atoms with E-state index < -0.39 is 394 Å². The fourth-order valence-electron chi connectivity index (χ4n) is 21.0. The van der Waals surface area contributed by atoms with Crippen LogP contribution < -0.4 is 0 Å². The van der Waals surface area contributed by atoms with Crippen LogP contribution in [-0.4, -0.2) is 842 Å². The SMILES string of the molecule is [B]B([B])B(B([B])[B])B(B(B([B])[B])B([B])[B])B(B(B(B([B])[B])B([B])[B])B(B([B])[B])B([B])[B])B(B(B(B([B])[B])B([B])[B][BH3-])B(B(B([B])[B])B([B])[B])B(B([B])[B])B([BH3-])[BH3-])B(B(B(B(B([B])[B])B([B])[B])B(B([B])[B])B([B])[B])B(B(B([B])[B])B([B])[B])B(B([B])[B])B([B])[B])B(B(B(B([B])[B])B([B])[B])B(B([B])[B])B([B])[B])B(B(B([B])[B])B([B])[B])B(B([B])[B])B([B])[B]. The summed E-state index contributed by atoms with van der Waals surface area (Å²) in [5, 5.41) is 0. The molecular weight excluding hydrogens is 1290 g/mol. The standard InChI is InChI=1S/B119H9/c1-61-91(60)106(90(58)59)114(107(92(62(2)3)63(4)5)93(64(6)7)65(8)9)118(115(108(94(66(10)11)67(12)13)95(68(14)15)69(16)17)109(96(70(18)19)71(20)21)97(72(22)23)73(24)25)119(116(110(98(74(26)27)75(28)29)99(76(30)31)77(32)33)111(100(78(34)35)79(36)37)101(80(38)39)81(40)41)117(112(102(82(42)43)83(44)45)103(84(46)47)85(48)49)113(104(86(50)51)87(52)53)105(88(54)55)89(56)57/h1-3H3/q-3. The van der Waals surface area contributed by atoms with Gasteiger partial charge in [-0.15, -0.1) is 15.5 Å². The third-order valence-corrected chi connectivity index (χ3v) is 24.9. The van der Waals surface area contributed by atoms with E-state index in [1.807, 2.05) is 0 Å². The van der Waals surface area contributed by atoms with Gasteiger partial charge >= 0.3 is 0 Å². The Labute approximate surface area is 832 Å². The molecule has 0 nitrogen and oxygen atoms in total. The molecule has 0 amide bonds. The van der Waals surface area contributed by atoms with Gasteiger partial charge in [-0.3, -0.25) is 6.39 Å². The zero-order valence-corrected chi connectivity index (χ0v) is 67.0. The Morgan fingerprint density at radius 1 is 0.101 bits per heavy atom. The van der Waals surface area contributed by atoms with E-state index in [0.717, 1.165) is 0 Å².